The van der Waals surface area contributed by atoms with Crippen LogP contribution in [-0.4, -0.2) is 33.3 Å². The molecule has 0 bridgehead atoms. The van der Waals surface area contributed by atoms with E-state index >= 15 is 0 Å². The number of urea groups is 1. The predicted octanol–water partition coefficient (Wildman–Crippen LogP) is 1.36. The molecule has 0 aliphatic heterocycles. The number of nitrogens with one attached hydrogen (secondary N) is 2. The number of fused-ring (bicyclic) bond motifs is 1. The van der Waals surface area contributed by atoms with Gasteiger partial charge in [-0.05, 0) is 29.2 Å². The van der Waals surface area contributed by atoms with Crippen LogP contribution in [0.4, 0.5) is 4.79 Å². The van der Waals surface area contributed by atoms with Gasteiger partial charge in [-0.2, -0.15) is 0 Å². The molecule has 0 unspecified atom stereocenters. The summed E-state index contributed by atoms with van der Waals surface area (Å²) in [6, 6.07) is 14.0. The van der Waals surface area contributed by atoms with Crippen LogP contribution in [0, 0.1) is 0 Å². The van der Waals surface area contributed by atoms with Crippen LogP contribution in [0.2, 0.25) is 0 Å². The molecule has 0 spiro atoms. The highest BCUT2D eigenvalue weighted by Gasteiger charge is 2.04. The fraction of sp³-hybridized carbons (Fsp3) is 0.312. The third-order valence-corrected chi connectivity index (χ3v) is 4.26. The van der Waals surface area contributed by atoms with Gasteiger partial charge in [0, 0.05) is 13.1 Å². The SMILES string of the molecule is NS(=O)(=O)CCCNC(=O)NCCc1ccc2ccccc2c1. The van der Waals surface area contributed by atoms with Gasteiger partial charge in [0.1, 0.15) is 0 Å². The fourth-order valence-electron chi connectivity index (χ4n) is 2.25. The standard InChI is InChI=1S/C16H21N3O3S/c17-23(21,22)11-3-9-18-16(20)19-10-8-13-6-7-14-4-1-2-5-15(14)12-13/h1-2,4-7,12H,3,8-11H2,(H2,17,21,22)(H2,18,19,20). The van der Waals surface area contributed by atoms with E-state index < -0.39 is 10.0 Å². The van der Waals surface area contributed by atoms with Crippen LogP contribution >= 0.6 is 0 Å². The van der Waals surface area contributed by atoms with Crippen LogP contribution in [0.3, 0.4) is 0 Å². The van der Waals surface area contributed by atoms with Crippen LogP contribution in [0.5, 0.6) is 0 Å². The molecule has 0 aliphatic carbocycles. The molecule has 0 heterocycles. The lowest BCUT2D eigenvalue weighted by molar-refractivity contribution is 0.241. The summed E-state index contributed by atoms with van der Waals surface area (Å²) in [4.78, 5) is 11.6. The van der Waals surface area contributed by atoms with Gasteiger partial charge in [0.2, 0.25) is 10.0 Å². The van der Waals surface area contributed by atoms with Crippen LogP contribution in [0.15, 0.2) is 42.5 Å². The lowest BCUT2D eigenvalue weighted by atomic mass is 10.1. The van der Waals surface area contributed by atoms with E-state index in [-0.39, 0.29) is 18.3 Å². The Labute approximate surface area is 136 Å². The molecular weight excluding hydrogens is 314 g/mol. The van der Waals surface area contributed by atoms with E-state index in [9.17, 15) is 13.2 Å². The molecule has 0 saturated carbocycles. The van der Waals surface area contributed by atoms with Gasteiger partial charge < -0.3 is 10.6 Å². The molecule has 6 nitrogen and oxygen atoms in total. The van der Waals surface area contributed by atoms with Crippen molar-refractivity contribution in [2.45, 2.75) is 12.8 Å². The summed E-state index contributed by atoms with van der Waals surface area (Å²) >= 11 is 0. The molecule has 2 amide bonds. The van der Waals surface area contributed by atoms with E-state index in [1.165, 1.54) is 10.8 Å². The number of amides is 2. The van der Waals surface area contributed by atoms with E-state index in [2.05, 4.69) is 34.9 Å². The van der Waals surface area contributed by atoms with Crippen LogP contribution in [0.1, 0.15) is 12.0 Å². The fourth-order valence-corrected chi connectivity index (χ4v) is 2.80. The summed E-state index contributed by atoms with van der Waals surface area (Å²) in [5.74, 6) is -0.135. The third kappa shape index (κ3) is 6.25. The Hall–Kier alpha value is -2.12. The molecular formula is C16H21N3O3S. The van der Waals surface area contributed by atoms with Gasteiger partial charge in [-0.1, -0.05) is 42.5 Å². The second kappa shape index (κ2) is 7.94. The van der Waals surface area contributed by atoms with Gasteiger partial charge in [0.15, 0.2) is 0 Å². The Balaban J connectivity index is 1.70. The van der Waals surface area contributed by atoms with Gasteiger partial charge in [0.05, 0.1) is 5.75 Å². The smallest absolute Gasteiger partial charge is 0.314 e. The first-order valence-electron chi connectivity index (χ1n) is 7.44. The minimum absolute atomic E-state index is 0.135. The van der Waals surface area contributed by atoms with Crippen molar-refractivity contribution in [3.8, 4) is 0 Å². The Kier molecular flexibility index (Phi) is 5.95. The van der Waals surface area contributed by atoms with Crippen molar-refractivity contribution in [2.75, 3.05) is 18.8 Å². The lowest BCUT2D eigenvalue weighted by Crippen LogP contribution is -2.37. The normalized spacial score (nSPS) is 11.3. The average molecular weight is 335 g/mol. The first-order chi connectivity index (χ1) is 10.9. The molecule has 0 radical (unpaired) electrons. The zero-order valence-corrected chi connectivity index (χ0v) is 13.6. The Bertz CT molecular complexity index is 775. The lowest BCUT2D eigenvalue weighted by Gasteiger charge is -2.08. The molecule has 0 atom stereocenters. The minimum Gasteiger partial charge on any atom is -0.338 e. The first-order valence-corrected chi connectivity index (χ1v) is 9.15. The molecule has 0 fully saturated rings. The van der Waals surface area contributed by atoms with Gasteiger partial charge in [-0.3, -0.25) is 0 Å². The largest absolute Gasteiger partial charge is 0.338 e. The quantitative estimate of drug-likeness (QED) is 0.666. The molecule has 0 saturated heterocycles. The summed E-state index contributed by atoms with van der Waals surface area (Å²) in [7, 11) is -3.46. The highest BCUT2D eigenvalue weighted by atomic mass is 32.2. The highest BCUT2D eigenvalue weighted by Crippen LogP contribution is 2.15. The summed E-state index contributed by atoms with van der Waals surface area (Å²) < 4.78 is 21.5. The number of carbonyl (C=O) groups excluding carboxylic acids is 1. The van der Waals surface area contributed by atoms with E-state index in [1.807, 2.05) is 18.2 Å². The minimum atomic E-state index is -3.46. The van der Waals surface area contributed by atoms with Gasteiger partial charge in [-0.15, -0.1) is 0 Å². The summed E-state index contributed by atoms with van der Waals surface area (Å²) in [6.07, 6.45) is 1.03. The topological polar surface area (TPSA) is 101 Å². The average Bonchev–Trinajstić information content (AvgIpc) is 2.50. The van der Waals surface area contributed by atoms with Crippen molar-refractivity contribution >= 4 is 26.8 Å². The Morgan fingerprint density at radius 3 is 2.43 bits per heavy atom. The summed E-state index contributed by atoms with van der Waals surface area (Å²) in [5.41, 5.74) is 1.15. The van der Waals surface area contributed by atoms with Crippen molar-refractivity contribution in [3.63, 3.8) is 0 Å². The number of hydrogen-bond donors (Lipinski definition) is 3. The monoisotopic (exact) mass is 335 g/mol. The molecule has 2 rings (SSSR count). The predicted molar refractivity (Wildman–Crippen MR) is 91.6 cm³/mol. The van der Waals surface area contributed by atoms with Crippen molar-refractivity contribution in [1.29, 1.82) is 0 Å². The van der Waals surface area contributed by atoms with Gasteiger partial charge in [0.25, 0.3) is 0 Å². The van der Waals surface area contributed by atoms with Crippen molar-refractivity contribution in [3.05, 3.63) is 48.0 Å². The highest BCUT2D eigenvalue weighted by molar-refractivity contribution is 7.89. The number of rotatable bonds is 7. The van der Waals surface area contributed by atoms with Crippen LogP contribution < -0.4 is 15.8 Å². The van der Waals surface area contributed by atoms with Crippen molar-refractivity contribution < 1.29 is 13.2 Å². The maximum Gasteiger partial charge on any atom is 0.314 e. The maximum atomic E-state index is 11.6. The molecule has 2 aromatic rings. The van der Waals surface area contributed by atoms with Crippen molar-refractivity contribution in [1.82, 2.24) is 10.6 Å². The van der Waals surface area contributed by atoms with Crippen LogP contribution in [-0.2, 0) is 16.4 Å². The molecule has 124 valence electrons. The number of primary sulfonamides is 1. The number of nitrogens with two attached hydrogens (primary N) is 1. The van der Waals surface area contributed by atoms with Gasteiger partial charge >= 0.3 is 6.03 Å². The first kappa shape index (κ1) is 17.2. The molecule has 7 heteroatoms. The molecule has 0 aromatic heterocycles. The van der Waals surface area contributed by atoms with E-state index in [4.69, 9.17) is 5.14 Å². The number of hydrogen-bond acceptors (Lipinski definition) is 3. The molecule has 23 heavy (non-hydrogen) atoms. The van der Waals surface area contributed by atoms with E-state index in [0.29, 0.717) is 13.0 Å². The zero-order chi connectivity index (χ0) is 16.7. The Morgan fingerprint density at radius 2 is 1.70 bits per heavy atom. The molecule has 2 aromatic carbocycles. The number of benzene rings is 2. The second-order valence-corrected chi connectivity index (χ2v) is 7.07. The number of sulfonamides is 1. The molecule has 0 aliphatic rings. The maximum absolute atomic E-state index is 11.6. The third-order valence-electron chi connectivity index (χ3n) is 3.40. The zero-order valence-electron chi connectivity index (χ0n) is 12.8. The van der Waals surface area contributed by atoms with E-state index in [1.54, 1.807) is 0 Å². The van der Waals surface area contributed by atoms with Crippen molar-refractivity contribution in [2.24, 2.45) is 5.14 Å². The Morgan fingerprint density at radius 1 is 1.00 bits per heavy atom. The summed E-state index contributed by atoms with van der Waals surface area (Å²) in [5, 5.41) is 12.6. The molecule has 4 N–H and O–H groups in total. The van der Waals surface area contributed by atoms with Crippen LogP contribution in [0.25, 0.3) is 10.8 Å². The number of carbonyl (C=O) groups is 1. The second-order valence-electron chi connectivity index (χ2n) is 5.33. The summed E-state index contributed by atoms with van der Waals surface area (Å²) in [6.45, 7) is 0.789. The van der Waals surface area contributed by atoms with Gasteiger partial charge in [-0.25, -0.2) is 18.4 Å². The van der Waals surface area contributed by atoms with E-state index in [0.717, 1.165) is 12.0 Å².